The summed E-state index contributed by atoms with van der Waals surface area (Å²) in [5.74, 6) is -0.660. The molecule has 0 aliphatic carbocycles. The van der Waals surface area contributed by atoms with Crippen LogP contribution < -0.4 is 4.73 Å². The molecular formula is C20H17NO4. The van der Waals surface area contributed by atoms with Gasteiger partial charge in [-0.1, -0.05) is 30.3 Å². The minimum Gasteiger partial charge on any atom is -0.618 e. The lowest BCUT2D eigenvalue weighted by Crippen LogP contribution is -2.28. The van der Waals surface area contributed by atoms with Gasteiger partial charge in [-0.15, -0.1) is 0 Å². The van der Waals surface area contributed by atoms with Crippen molar-refractivity contribution >= 4 is 22.7 Å². The first-order valence-electron chi connectivity index (χ1n) is 7.96. The summed E-state index contributed by atoms with van der Waals surface area (Å²) in [7, 11) is 0. The maximum Gasteiger partial charge on any atom is 0.339 e. The molecule has 0 radical (unpaired) electrons. The molecule has 0 aliphatic rings. The number of pyridine rings is 1. The lowest BCUT2D eigenvalue weighted by atomic mass is 9.96. The third kappa shape index (κ3) is 3.08. The number of benzene rings is 2. The molecule has 2 aromatic carbocycles. The number of carbonyl (C=O) groups excluding carboxylic acids is 2. The minimum atomic E-state index is -0.521. The van der Waals surface area contributed by atoms with Crippen molar-refractivity contribution in [1.29, 1.82) is 0 Å². The van der Waals surface area contributed by atoms with E-state index in [1.54, 1.807) is 25.1 Å². The molecule has 3 aromatic rings. The Hall–Kier alpha value is -3.21. The Labute approximate surface area is 145 Å². The summed E-state index contributed by atoms with van der Waals surface area (Å²) >= 11 is 0. The molecule has 0 saturated carbocycles. The van der Waals surface area contributed by atoms with Gasteiger partial charge in [0.25, 0.3) is 0 Å². The highest BCUT2D eigenvalue weighted by atomic mass is 16.5. The molecule has 0 unspecified atom stereocenters. The number of ketones is 1. The fourth-order valence-electron chi connectivity index (χ4n) is 2.80. The number of esters is 1. The van der Waals surface area contributed by atoms with Crippen LogP contribution >= 0.6 is 0 Å². The zero-order valence-corrected chi connectivity index (χ0v) is 14.0. The van der Waals surface area contributed by atoms with E-state index in [1.165, 1.54) is 13.1 Å². The molecule has 0 spiro atoms. The molecule has 0 atom stereocenters. The van der Waals surface area contributed by atoms with E-state index >= 15 is 0 Å². The van der Waals surface area contributed by atoms with Crippen molar-refractivity contribution in [2.24, 2.45) is 0 Å². The number of Topliss-reactive ketones (excluding diaryl/α,β-unsaturated/α-hetero) is 1. The predicted octanol–water partition coefficient (Wildman–Crippen LogP) is 3.52. The van der Waals surface area contributed by atoms with Gasteiger partial charge in [0, 0.05) is 11.6 Å². The standard InChI is InChI=1S/C20H17NO4/c1-3-25-20(23)19-16-11-15(13(2)22)9-10-18(16)21(24)12-17(19)14-7-5-4-6-8-14/h4-12H,3H2,1-2H3. The number of nitrogens with zero attached hydrogens (tertiary/aromatic N) is 1. The van der Waals surface area contributed by atoms with Crippen LogP contribution in [0.25, 0.3) is 22.0 Å². The van der Waals surface area contributed by atoms with Gasteiger partial charge in [-0.05, 0) is 31.5 Å². The van der Waals surface area contributed by atoms with Gasteiger partial charge in [0.05, 0.1) is 23.1 Å². The Bertz CT molecular complexity index is 964. The SMILES string of the molecule is CCOC(=O)c1c(-c2ccccc2)c[n+]([O-])c2ccc(C(C)=O)cc12. The normalized spacial score (nSPS) is 10.6. The van der Waals surface area contributed by atoms with Crippen LogP contribution in [-0.4, -0.2) is 18.4 Å². The lowest BCUT2D eigenvalue weighted by molar-refractivity contribution is -0.576. The van der Waals surface area contributed by atoms with E-state index in [0.717, 1.165) is 5.56 Å². The highest BCUT2D eigenvalue weighted by Crippen LogP contribution is 2.29. The van der Waals surface area contributed by atoms with Crippen LogP contribution in [0.2, 0.25) is 0 Å². The third-order valence-electron chi connectivity index (χ3n) is 3.99. The van der Waals surface area contributed by atoms with Gasteiger partial charge in [-0.2, -0.15) is 4.73 Å². The molecule has 1 heterocycles. The largest absolute Gasteiger partial charge is 0.618 e. The number of hydrogen-bond donors (Lipinski definition) is 0. The lowest BCUT2D eigenvalue weighted by Gasteiger charge is -2.13. The Morgan fingerprint density at radius 1 is 1.12 bits per heavy atom. The van der Waals surface area contributed by atoms with Gasteiger partial charge in [0.1, 0.15) is 0 Å². The van der Waals surface area contributed by atoms with Crippen LogP contribution in [0.15, 0.2) is 54.7 Å². The molecule has 0 N–H and O–H groups in total. The number of hydrogen-bond acceptors (Lipinski definition) is 4. The Kier molecular flexibility index (Phi) is 4.48. The van der Waals surface area contributed by atoms with Gasteiger partial charge in [0.2, 0.25) is 5.52 Å². The van der Waals surface area contributed by atoms with E-state index in [1.807, 2.05) is 30.3 Å². The molecule has 0 saturated heterocycles. The van der Waals surface area contributed by atoms with Gasteiger partial charge < -0.3 is 9.94 Å². The van der Waals surface area contributed by atoms with Crippen molar-refractivity contribution in [3.63, 3.8) is 0 Å². The molecule has 5 nitrogen and oxygen atoms in total. The maximum atomic E-state index is 12.6. The van der Waals surface area contributed by atoms with E-state index in [0.29, 0.717) is 32.3 Å². The Morgan fingerprint density at radius 2 is 1.84 bits per heavy atom. The van der Waals surface area contributed by atoms with Crippen molar-refractivity contribution in [3.05, 3.63) is 71.1 Å². The smallest absolute Gasteiger partial charge is 0.339 e. The molecule has 3 rings (SSSR count). The average Bonchev–Trinajstić information content (AvgIpc) is 2.62. The van der Waals surface area contributed by atoms with Crippen LogP contribution in [0.3, 0.4) is 0 Å². The average molecular weight is 335 g/mol. The number of rotatable bonds is 4. The first-order chi connectivity index (χ1) is 12.0. The third-order valence-corrected chi connectivity index (χ3v) is 3.99. The molecule has 0 amide bonds. The monoisotopic (exact) mass is 335 g/mol. The molecular weight excluding hydrogens is 318 g/mol. The van der Waals surface area contributed by atoms with E-state index in [4.69, 9.17) is 4.74 Å². The van der Waals surface area contributed by atoms with Crippen molar-refractivity contribution in [1.82, 2.24) is 0 Å². The van der Waals surface area contributed by atoms with Crippen molar-refractivity contribution < 1.29 is 19.1 Å². The van der Waals surface area contributed by atoms with Gasteiger partial charge in [-0.25, -0.2) is 4.79 Å². The second-order valence-corrected chi connectivity index (χ2v) is 5.62. The maximum absolute atomic E-state index is 12.6. The molecule has 0 aliphatic heterocycles. The number of aromatic nitrogens is 1. The highest BCUT2D eigenvalue weighted by Gasteiger charge is 2.24. The van der Waals surface area contributed by atoms with Gasteiger partial charge in [-0.3, -0.25) is 4.79 Å². The Morgan fingerprint density at radius 3 is 2.48 bits per heavy atom. The molecule has 126 valence electrons. The first-order valence-corrected chi connectivity index (χ1v) is 7.96. The number of fused-ring (bicyclic) bond motifs is 1. The van der Waals surface area contributed by atoms with Crippen LogP contribution in [0.5, 0.6) is 0 Å². The summed E-state index contributed by atoms with van der Waals surface area (Å²) in [6.45, 7) is 3.38. The van der Waals surface area contributed by atoms with Crippen LogP contribution in [0.1, 0.15) is 34.6 Å². The van der Waals surface area contributed by atoms with Crippen molar-refractivity contribution in [2.45, 2.75) is 13.8 Å². The molecule has 0 bridgehead atoms. The quantitative estimate of drug-likeness (QED) is 0.316. The van der Waals surface area contributed by atoms with E-state index < -0.39 is 5.97 Å². The second-order valence-electron chi connectivity index (χ2n) is 5.62. The first kappa shape index (κ1) is 16.6. The summed E-state index contributed by atoms with van der Waals surface area (Å²) in [6.07, 6.45) is 1.37. The molecule has 25 heavy (non-hydrogen) atoms. The second kappa shape index (κ2) is 6.73. The van der Waals surface area contributed by atoms with E-state index in [-0.39, 0.29) is 12.4 Å². The fraction of sp³-hybridized carbons (Fsp3) is 0.150. The summed E-state index contributed by atoms with van der Waals surface area (Å²) < 4.78 is 5.92. The van der Waals surface area contributed by atoms with Crippen LogP contribution in [0, 0.1) is 5.21 Å². The predicted molar refractivity (Wildman–Crippen MR) is 94.3 cm³/mol. The minimum absolute atomic E-state index is 0.140. The zero-order valence-electron chi connectivity index (χ0n) is 14.0. The van der Waals surface area contributed by atoms with E-state index in [2.05, 4.69) is 0 Å². The highest BCUT2D eigenvalue weighted by molar-refractivity contribution is 6.10. The van der Waals surface area contributed by atoms with Crippen molar-refractivity contribution in [3.8, 4) is 11.1 Å². The van der Waals surface area contributed by atoms with Crippen LogP contribution in [0.4, 0.5) is 0 Å². The zero-order chi connectivity index (χ0) is 18.0. The van der Waals surface area contributed by atoms with Crippen LogP contribution in [-0.2, 0) is 4.74 Å². The van der Waals surface area contributed by atoms with E-state index in [9.17, 15) is 14.8 Å². The number of carbonyl (C=O) groups is 2. The fourth-order valence-corrected chi connectivity index (χ4v) is 2.80. The summed E-state index contributed by atoms with van der Waals surface area (Å²) in [4.78, 5) is 24.4. The Balaban J connectivity index is 2.40. The van der Waals surface area contributed by atoms with Gasteiger partial charge in [0.15, 0.2) is 12.0 Å². The summed E-state index contributed by atoms with van der Waals surface area (Å²) in [6, 6.07) is 13.9. The summed E-state index contributed by atoms with van der Waals surface area (Å²) in [5, 5.41) is 12.9. The van der Waals surface area contributed by atoms with Crippen molar-refractivity contribution in [2.75, 3.05) is 6.61 Å². The molecule has 0 fully saturated rings. The van der Waals surface area contributed by atoms with Gasteiger partial charge >= 0.3 is 5.97 Å². The topological polar surface area (TPSA) is 70.3 Å². The molecule has 1 aromatic heterocycles. The summed E-state index contributed by atoms with van der Waals surface area (Å²) in [5.41, 5.74) is 2.24. The number of ether oxygens (including phenoxy) is 1. The molecule has 5 heteroatoms.